The molecule has 224 valence electrons. The Balaban J connectivity index is 1.38. The number of fused-ring (bicyclic) bond motifs is 1. The topological polar surface area (TPSA) is 98.7 Å². The van der Waals surface area contributed by atoms with Crippen molar-refractivity contribution in [2.75, 3.05) is 11.9 Å². The van der Waals surface area contributed by atoms with Gasteiger partial charge in [-0.15, -0.1) is 11.8 Å². The number of nitrogens with zero attached hydrogens (tertiary/aromatic N) is 1. The number of aliphatic hydroxyl groups is 1. The number of hydrogen-bond acceptors (Lipinski definition) is 5. The molecule has 3 N–H and O–H groups in total. The monoisotopic (exact) mass is 617 g/mol. The largest absolute Gasteiger partial charge is 0.394 e. The van der Waals surface area contributed by atoms with Crippen LogP contribution in [0.25, 0.3) is 0 Å². The highest BCUT2D eigenvalue weighted by molar-refractivity contribution is 8.02. The number of hydrogen-bond donors (Lipinski definition) is 3. The van der Waals surface area contributed by atoms with E-state index in [1.807, 2.05) is 79.7 Å². The van der Waals surface area contributed by atoms with Gasteiger partial charge in [-0.3, -0.25) is 14.4 Å². The first kappa shape index (κ1) is 29.7. The molecule has 43 heavy (non-hydrogen) atoms. The molecule has 2 unspecified atom stereocenters. The normalized spacial score (nSPS) is 28.0. The summed E-state index contributed by atoms with van der Waals surface area (Å²) in [6.07, 6.45) is 1.70. The molecule has 0 saturated carbocycles. The molecule has 6 atom stereocenters. The van der Waals surface area contributed by atoms with Crippen LogP contribution in [0.5, 0.6) is 0 Å². The Morgan fingerprint density at radius 3 is 2.33 bits per heavy atom. The zero-order chi connectivity index (χ0) is 30.4. The van der Waals surface area contributed by atoms with Gasteiger partial charge in [-0.25, -0.2) is 0 Å². The first-order valence-electron chi connectivity index (χ1n) is 14.7. The average molecular weight is 618 g/mol. The van der Waals surface area contributed by atoms with Gasteiger partial charge >= 0.3 is 0 Å². The van der Waals surface area contributed by atoms with Crippen molar-refractivity contribution in [1.29, 1.82) is 0 Å². The van der Waals surface area contributed by atoms with E-state index in [4.69, 9.17) is 11.6 Å². The highest BCUT2D eigenvalue weighted by Gasteiger charge is 2.77. The number of benzene rings is 3. The van der Waals surface area contributed by atoms with Gasteiger partial charge in [0.15, 0.2) is 0 Å². The van der Waals surface area contributed by atoms with E-state index in [2.05, 4.69) is 17.6 Å². The second kappa shape index (κ2) is 11.6. The summed E-state index contributed by atoms with van der Waals surface area (Å²) in [7, 11) is 0. The highest BCUT2D eigenvalue weighted by Crippen LogP contribution is 2.71. The van der Waals surface area contributed by atoms with Gasteiger partial charge in [-0.1, -0.05) is 84.4 Å². The number of anilines is 1. The summed E-state index contributed by atoms with van der Waals surface area (Å²) in [6, 6.07) is 23.2. The first-order chi connectivity index (χ1) is 20.7. The van der Waals surface area contributed by atoms with Gasteiger partial charge < -0.3 is 20.6 Å². The molecular weight excluding hydrogens is 582 g/mol. The van der Waals surface area contributed by atoms with Crippen LogP contribution in [0.1, 0.15) is 36.5 Å². The molecule has 3 amide bonds. The van der Waals surface area contributed by atoms with Gasteiger partial charge in [0, 0.05) is 11.3 Å². The van der Waals surface area contributed by atoms with Crippen molar-refractivity contribution in [2.45, 2.75) is 61.2 Å². The van der Waals surface area contributed by atoms with Crippen LogP contribution in [0.15, 0.2) is 78.9 Å². The van der Waals surface area contributed by atoms with Gasteiger partial charge in [0.2, 0.25) is 17.7 Å². The summed E-state index contributed by atoms with van der Waals surface area (Å²) in [5.74, 6) is -2.08. The molecule has 3 aliphatic heterocycles. The van der Waals surface area contributed by atoms with E-state index in [0.717, 1.165) is 16.7 Å². The third kappa shape index (κ3) is 5.13. The molecule has 3 heterocycles. The molecular formula is C34H36ClN3O4S. The Morgan fingerprint density at radius 1 is 1.00 bits per heavy atom. The third-order valence-electron chi connectivity index (χ3n) is 9.44. The van der Waals surface area contributed by atoms with E-state index in [-0.39, 0.29) is 24.3 Å². The maximum Gasteiger partial charge on any atom is 0.248 e. The van der Waals surface area contributed by atoms with Crippen molar-refractivity contribution < 1.29 is 19.5 Å². The lowest BCUT2D eigenvalue weighted by atomic mass is 9.66. The summed E-state index contributed by atoms with van der Waals surface area (Å²) >= 11 is 8.12. The van der Waals surface area contributed by atoms with E-state index < -0.39 is 33.4 Å². The number of amides is 3. The Bertz CT molecular complexity index is 1520. The lowest BCUT2D eigenvalue weighted by Crippen LogP contribution is -2.55. The molecule has 6 rings (SSSR count). The van der Waals surface area contributed by atoms with E-state index in [0.29, 0.717) is 36.5 Å². The van der Waals surface area contributed by atoms with Crippen LogP contribution >= 0.6 is 23.4 Å². The maximum absolute atomic E-state index is 14.6. The van der Waals surface area contributed by atoms with Crippen LogP contribution in [0, 0.1) is 18.8 Å². The average Bonchev–Trinajstić information content (AvgIpc) is 3.58. The molecule has 0 aromatic heterocycles. The number of likely N-dealkylation sites (tertiary alicyclic amines) is 1. The van der Waals surface area contributed by atoms with Crippen molar-refractivity contribution >= 4 is 46.8 Å². The van der Waals surface area contributed by atoms with Crippen molar-refractivity contribution in [3.8, 4) is 0 Å². The zero-order valence-corrected chi connectivity index (χ0v) is 25.8. The van der Waals surface area contributed by atoms with Crippen LogP contribution in [-0.4, -0.2) is 55.9 Å². The fourth-order valence-corrected chi connectivity index (χ4v) is 10.1. The number of halogens is 1. The van der Waals surface area contributed by atoms with E-state index in [1.165, 1.54) is 0 Å². The van der Waals surface area contributed by atoms with E-state index >= 15 is 0 Å². The zero-order valence-electron chi connectivity index (χ0n) is 24.3. The predicted molar refractivity (Wildman–Crippen MR) is 170 cm³/mol. The fourth-order valence-electron chi connectivity index (χ4n) is 7.47. The molecule has 1 spiro atoms. The SMILES string of the molecule is Cc1cccc(Cl)c1NC(=O)C1N([C@@H](CO)Cc2ccccc2)C(=O)[C@@H]2[C@@H](C(=O)NCc3ccccc3)[C@@]3(C)CCC12S3. The van der Waals surface area contributed by atoms with E-state index in [9.17, 15) is 19.5 Å². The van der Waals surface area contributed by atoms with Crippen molar-refractivity contribution in [3.63, 3.8) is 0 Å². The number of carbonyl (C=O) groups excluding carboxylic acids is 3. The number of aryl methyl sites for hydroxylation is 1. The molecule has 3 aliphatic rings. The van der Waals surface area contributed by atoms with Gasteiger partial charge in [-0.05, 0) is 55.9 Å². The number of nitrogens with one attached hydrogen (secondary N) is 2. The summed E-state index contributed by atoms with van der Waals surface area (Å²) in [5.41, 5.74) is 3.24. The van der Waals surface area contributed by atoms with Crippen LogP contribution in [0.4, 0.5) is 5.69 Å². The minimum atomic E-state index is -0.889. The molecule has 3 aromatic carbocycles. The smallest absolute Gasteiger partial charge is 0.248 e. The standard InChI is InChI=1S/C34H36ClN3O4S/c1-21-10-9-15-25(35)28(21)37-31(41)29-34-17-16-33(2,43-34)26(30(40)36-19-23-13-7-4-8-14-23)27(34)32(42)38(29)24(20-39)18-22-11-5-3-6-12-22/h3-15,24,26-27,29,39H,16-20H2,1-2H3,(H,36,40)(H,37,41)/t24-,26+,27+,29?,33-,34?/m1/s1. The van der Waals surface area contributed by atoms with Crippen LogP contribution in [0.2, 0.25) is 5.02 Å². The maximum atomic E-state index is 14.6. The number of aliphatic hydroxyl groups excluding tert-OH is 1. The molecule has 0 radical (unpaired) electrons. The minimum absolute atomic E-state index is 0.176. The summed E-state index contributed by atoms with van der Waals surface area (Å²) < 4.78 is -1.32. The second-order valence-corrected chi connectivity index (χ2v) is 14.4. The lowest BCUT2D eigenvalue weighted by Gasteiger charge is -2.37. The quantitative estimate of drug-likeness (QED) is 0.314. The van der Waals surface area contributed by atoms with Crippen molar-refractivity contribution in [2.24, 2.45) is 11.8 Å². The number of para-hydroxylation sites is 1. The van der Waals surface area contributed by atoms with Crippen molar-refractivity contribution in [3.05, 3.63) is 101 Å². The molecule has 3 aromatic rings. The van der Waals surface area contributed by atoms with Gasteiger partial charge in [0.05, 0.1) is 39.9 Å². The number of carbonyl (C=O) groups is 3. The molecule has 3 fully saturated rings. The Kier molecular flexibility index (Phi) is 8.05. The summed E-state index contributed by atoms with van der Waals surface area (Å²) in [6.45, 7) is 3.97. The van der Waals surface area contributed by atoms with Crippen LogP contribution in [0.3, 0.4) is 0 Å². The Hall–Kier alpha value is -3.33. The third-order valence-corrected chi connectivity index (χ3v) is 11.7. The van der Waals surface area contributed by atoms with Crippen LogP contribution < -0.4 is 10.6 Å². The number of rotatable bonds is 9. The lowest BCUT2D eigenvalue weighted by molar-refractivity contribution is -0.142. The first-order valence-corrected chi connectivity index (χ1v) is 15.9. The summed E-state index contributed by atoms with van der Waals surface area (Å²) in [5, 5.41) is 17.2. The van der Waals surface area contributed by atoms with Crippen LogP contribution in [-0.2, 0) is 27.3 Å². The Morgan fingerprint density at radius 2 is 1.67 bits per heavy atom. The molecule has 2 bridgehead atoms. The number of thioether (sulfide) groups is 1. The van der Waals surface area contributed by atoms with Gasteiger partial charge in [0.25, 0.3) is 0 Å². The minimum Gasteiger partial charge on any atom is -0.394 e. The van der Waals surface area contributed by atoms with Gasteiger partial charge in [-0.2, -0.15) is 0 Å². The predicted octanol–water partition coefficient (Wildman–Crippen LogP) is 4.99. The molecule has 0 aliphatic carbocycles. The fraction of sp³-hybridized carbons (Fsp3) is 0.382. The highest BCUT2D eigenvalue weighted by atomic mass is 35.5. The molecule has 3 saturated heterocycles. The molecule has 9 heteroatoms. The Labute approximate surface area is 261 Å². The molecule has 7 nitrogen and oxygen atoms in total. The van der Waals surface area contributed by atoms with Crippen molar-refractivity contribution in [1.82, 2.24) is 10.2 Å². The second-order valence-electron chi connectivity index (χ2n) is 12.1. The van der Waals surface area contributed by atoms with Gasteiger partial charge in [0.1, 0.15) is 6.04 Å². The summed E-state index contributed by atoms with van der Waals surface area (Å²) in [4.78, 5) is 44.5. The van der Waals surface area contributed by atoms with E-state index in [1.54, 1.807) is 22.7 Å².